The molecule has 1 saturated heterocycles. The van der Waals surface area contributed by atoms with E-state index in [0.29, 0.717) is 38.8 Å². The van der Waals surface area contributed by atoms with Gasteiger partial charge in [0.05, 0.1) is 0 Å². The number of likely N-dealkylation sites (tertiary alicyclic amines) is 1. The monoisotopic (exact) mass is 269 g/mol. The van der Waals surface area contributed by atoms with Crippen LogP contribution in [0.2, 0.25) is 0 Å². The number of piperidine rings is 1. The van der Waals surface area contributed by atoms with Gasteiger partial charge in [0.2, 0.25) is 17.7 Å². The fourth-order valence-electron chi connectivity index (χ4n) is 2.05. The van der Waals surface area contributed by atoms with Crippen molar-refractivity contribution < 1.29 is 14.4 Å². The SMILES string of the molecule is CNC(=O)CCCC(=O)NCCN1CCCCC1=O. The molecular weight excluding hydrogens is 246 g/mol. The van der Waals surface area contributed by atoms with Crippen molar-refractivity contribution in [3.63, 3.8) is 0 Å². The molecule has 3 amide bonds. The van der Waals surface area contributed by atoms with E-state index in [1.165, 1.54) is 0 Å². The van der Waals surface area contributed by atoms with Crippen LogP contribution in [-0.2, 0) is 14.4 Å². The number of hydrogen-bond donors (Lipinski definition) is 2. The molecule has 6 heteroatoms. The first-order valence-electron chi connectivity index (χ1n) is 6.88. The maximum Gasteiger partial charge on any atom is 0.222 e. The van der Waals surface area contributed by atoms with Crippen molar-refractivity contribution in [1.82, 2.24) is 15.5 Å². The lowest BCUT2D eigenvalue weighted by atomic mass is 10.1. The summed E-state index contributed by atoms with van der Waals surface area (Å²) in [4.78, 5) is 35.8. The van der Waals surface area contributed by atoms with E-state index in [4.69, 9.17) is 0 Å². The van der Waals surface area contributed by atoms with Gasteiger partial charge in [-0.2, -0.15) is 0 Å². The zero-order chi connectivity index (χ0) is 14.1. The molecule has 0 radical (unpaired) electrons. The minimum Gasteiger partial charge on any atom is -0.359 e. The molecule has 0 spiro atoms. The van der Waals surface area contributed by atoms with Gasteiger partial charge in [0.15, 0.2) is 0 Å². The Kier molecular flexibility index (Phi) is 6.92. The van der Waals surface area contributed by atoms with Crippen LogP contribution in [0.1, 0.15) is 38.5 Å². The first kappa shape index (κ1) is 15.5. The summed E-state index contributed by atoms with van der Waals surface area (Å²) >= 11 is 0. The predicted molar refractivity (Wildman–Crippen MR) is 71.4 cm³/mol. The van der Waals surface area contributed by atoms with Gasteiger partial charge in [-0.05, 0) is 19.3 Å². The van der Waals surface area contributed by atoms with E-state index in [2.05, 4.69) is 10.6 Å². The largest absolute Gasteiger partial charge is 0.359 e. The van der Waals surface area contributed by atoms with Gasteiger partial charge in [0, 0.05) is 45.9 Å². The third-order valence-corrected chi connectivity index (χ3v) is 3.21. The van der Waals surface area contributed by atoms with Crippen LogP contribution in [0.15, 0.2) is 0 Å². The second-order valence-electron chi connectivity index (χ2n) is 4.71. The highest BCUT2D eigenvalue weighted by Crippen LogP contribution is 2.09. The number of nitrogens with zero attached hydrogens (tertiary/aromatic N) is 1. The summed E-state index contributed by atoms with van der Waals surface area (Å²) in [5, 5.41) is 5.29. The Morgan fingerprint density at radius 2 is 1.95 bits per heavy atom. The summed E-state index contributed by atoms with van der Waals surface area (Å²) in [7, 11) is 1.58. The minimum atomic E-state index is -0.0617. The maximum absolute atomic E-state index is 11.5. The van der Waals surface area contributed by atoms with Crippen molar-refractivity contribution in [2.24, 2.45) is 0 Å². The molecule has 0 unspecified atom stereocenters. The van der Waals surface area contributed by atoms with E-state index >= 15 is 0 Å². The van der Waals surface area contributed by atoms with Gasteiger partial charge in [-0.15, -0.1) is 0 Å². The Morgan fingerprint density at radius 1 is 1.21 bits per heavy atom. The fourth-order valence-corrected chi connectivity index (χ4v) is 2.05. The first-order chi connectivity index (χ1) is 9.13. The lowest BCUT2D eigenvalue weighted by molar-refractivity contribution is -0.133. The van der Waals surface area contributed by atoms with E-state index in [-0.39, 0.29) is 17.7 Å². The Bertz CT molecular complexity index is 331. The standard InChI is InChI=1S/C13H23N3O3/c1-14-11(17)5-4-6-12(18)15-8-10-16-9-3-2-7-13(16)19/h2-10H2,1H3,(H,14,17)(H,15,18). The second-order valence-corrected chi connectivity index (χ2v) is 4.71. The number of amides is 3. The van der Waals surface area contributed by atoms with Crippen LogP contribution in [0.4, 0.5) is 0 Å². The van der Waals surface area contributed by atoms with E-state index < -0.39 is 0 Å². The van der Waals surface area contributed by atoms with Gasteiger partial charge < -0.3 is 15.5 Å². The molecule has 1 fully saturated rings. The summed E-state index contributed by atoms with van der Waals surface area (Å²) in [6, 6.07) is 0. The van der Waals surface area contributed by atoms with Crippen LogP contribution in [0.3, 0.4) is 0 Å². The van der Waals surface area contributed by atoms with Gasteiger partial charge in [0.1, 0.15) is 0 Å². The molecule has 0 aromatic carbocycles. The number of nitrogens with one attached hydrogen (secondary N) is 2. The lowest BCUT2D eigenvalue weighted by Crippen LogP contribution is -2.41. The van der Waals surface area contributed by atoms with E-state index in [1.54, 1.807) is 11.9 Å². The molecule has 6 nitrogen and oxygen atoms in total. The van der Waals surface area contributed by atoms with Crippen molar-refractivity contribution in [1.29, 1.82) is 0 Å². The molecule has 108 valence electrons. The van der Waals surface area contributed by atoms with Crippen molar-refractivity contribution in [2.75, 3.05) is 26.7 Å². The smallest absolute Gasteiger partial charge is 0.222 e. The second kappa shape index (κ2) is 8.50. The zero-order valence-corrected chi connectivity index (χ0v) is 11.5. The van der Waals surface area contributed by atoms with E-state index in [0.717, 1.165) is 19.4 Å². The van der Waals surface area contributed by atoms with Crippen LogP contribution in [0.5, 0.6) is 0 Å². The Hall–Kier alpha value is -1.59. The molecular formula is C13H23N3O3. The van der Waals surface area contributed by atoms with Crippen LogP contribution in [0.25, 0.3) is 0 Å². The van der Waals surface area contributed by atoms with Crippen molar-refractivity contribution >= 4 is 17.7 Å². The minimum absolute atomic E-state index is 0.0493. The highest BCUT2D eigenvalue weighted by atomic mass is 16.2. The summed E-state index contributed by atoms with van der Waals surface area (Å²) in [5.74, 6) is 0.0696. The molecule has 0 aromatic heterocycles. The zero-order valence-electron chi connectivity index (χ0n) is 11.5. The van der Waals surface area contributed by atoms with Crippen LogP contribution in [-0.4, -0.2) is 49.3 Å². The van der Waals surface area contributed by atoms with Gasteiger partial charge in [-0.3, -0.25) is 14.4 Å². The van der Waals surface area contributed by atoms with Gasteiger partial charge in [-0.1, -0.05) is 0 Å². The molecule has 19 heavy (non-hydrogen) atoms. The van der Waals surface area contributed by atoms with Gasteiger partial charge >= 0.3 is 0 Å². The van der Waals surface area contributed by atoms with Gasteiger partial charge in [0.25, 0.3) is 0 Å². The molecule has 2 N–H and O–H groups in total. The van der Waals surface area contributed by atoms with Crippen LogP contribution >= 0.6 is 0 Å². The highest BCUT2D eigenvalue weighted by Gasteiger charge is 2.17. The van der Waals surface area contributed by atoms with Crippen molar-refractivity contribution in [3.05, 3.63) is 0 Å². The van der Waals surface area contributed by atoms with E-state index in [9.17, 15) is 14.4 Å². The average molecular weight is 269 g/mol. The van der Waals surface area contributed by atoms with Crippen molar-refractivity contribution in [3.8, 4) is 0 Å². The summed E-state index contributed by atoms with van der Waals surface area (Å²) in [6.45, 7) is 1.87. The number of rotatable bonds is 7. The maximum atomic E-state index is 11.5. The number of hydrogen-bond acceptors (Lipinski definition) is 3. The van der Waals surface area contributed by atoms with Crippen LogP contribution < -0.4 is 10.6 Å². The summed E-state index contributed by atoms with van der Waals surface area (Å²) < 4.78 is 0. The average Bonchev–Trinajstić information content (AvgIpc) is 2.40. The molecule has 0 bridgehead atoms. The summed E-state index contributed by atoms with van der Waals surface area (Å²) in [6.07, 6.45) is 3.91. The van der Waals surface area contributed by atoms with Gasteiger partial charge in [-0.25, -0.2) is 0 Å². The molecule has 0 aliphatic carbocycles. The highest BCUT2D eigenvalue weighted by molar-refractivity contribution is 5.79. The Labute approximate surface area is 113 Å². The fraction of sp³-hybridized carbons (Fsp3) is 0.769. The third kappa shape index (κ3) is 6.22. The predicted octanol–water partition coefficient (Wildman–Crippen LogP) is 0.0314. The number of carbonyl (C=O) groups excluding carboxylic acids is 3. The molecule has 0 atom stereocenters. The first-order valence-corrected chi connectivity index (χ1v) is 6.88. The quantitative estimate of drug-likeness (QED) is 0.684. The normalized spacial score (nSPS) is 15.2. The van der Waals surface area contributed by atoms with Crippen molar-refractivity contribution in [2.45, 2.75) is 38.5 Å². The third-order valence-electron chi connectivity index (χ3n) is 3.21. The Morgan fingerprint density at radius 3 is 2.63 bits per heavy atom. The summed E-state index contributed by atoms with van der Waals surface area (Å²) in [5.41, 5.74) is 0. The molecule has 1 aliphatic heterocycles. The topological polar surface area (TPSA) is 78.5 Å². The molecule has 1 heterocycles. The lowest BCUT2D eigenvalue weighted by Gasteiger charge is -2.26. The Balaban J connectivity index is 2.06. The van der Waals surface area contributed by atoms with Crippen LogP contribution in [0, 0.1) is 0 Å². The molecule has 1 rings (SSSR count). The molecule has 0 saturated carbocycles. The molecule has 1 aliphatic rings. The number of carbonyl (C=O) groups is 3. The van der Waals surface area contributed by atoms with E-state index in [1.807, 2.05) is 0 Å². The molecule has 0 aromatic rings.